The minimum absolute atomic E-state index is 0.00790. The SMILES string of the molecule is CC(C)=CC=CC(=O)C(C)C1CCC2C3(C)CCC(OC4OC(COC5OC(C)C(O)C(O)C5O)C(O)C(O)C4O)C(C)(C)C3CCC2(C)C12COC(=O)C2. The van der Waals surface area contributed by atoms with Gasteiger partial charge >= 0.3 is 5.97 Å². The number of hydrogen-bond donors (Lipinski definition) is 6. The average molecular weight is 779 g/mol. The number of rotatable bonds is 9. The summed E-state index contributed by atoms with van der Waals surface area (Å²) in [4.78, 5) is 26.6. The van der Waals surface area contributed by atoms with E-state index in [9.17, 15) is 40.2 Å². The Bertz CT molecular complexity index is 1480. The maximum Gasteiger partial charge on any atom is 0.306 e. The predicted octanol–water partition coefficient (Wildman–Crippen LogP) is 2.95. The van der Waals surface area contributed by atoms with Crippen LogP contribution in [0.3, 0.4) is 0 Å². The van der Waals surface area contributed by atoms with Gasteiger partial charge in [0.25, 0.3) is 0 Å². The van der Waals surface area contributed by atoms with Crippen molar-refractivity contribution in [2.75, 3.05) is 13.2 Å². The normalized spacial score (nSPS) is 48.9. The number of aliphatic hydroxyl groups excluding tert-OH is 6. The molecule has 0 aromatic heterocycles. The van der Waals surface area contributed by atoms with Crippen LogP contribution in [0.25, 0.3) is 0 Å². The Morgan fingerprint density at radius 1 is 0.855 bits per heavy atom. The maximum atomic E-state index is 13.6. The zero-order valence-corrected chi connectivity index (χ0v) is 33.8. The van der Waals surface area contributed by atoms with Crippen LogP contribution in [0.5, 0.6) is 0 Å². The lowest BCUT2D eigenvalue weighted by Gasteiger charge is -2.70. The highest BCUT2D eigenvalue weighted by atomic mass is 16.7. The van der Waals surface area contributed by atoms with E-state index in [0.717, 1.165) is 37.7 Å². The van der Waals surface area contributed by atoms with Gasteiger partial charge in [-0.15, -0.1) is 0 Å². The van der Waals surface area contributed by atoms with Crippen molar-refractivity contribution in [2.45, 2.75) is 168 Å². The Labute approximate surface area is 325 Å². The predicted molar refractivity (Wildman–Crippen MR) is 199 cm³/mol. The molecule has 0 aromatic carbocycles. The van der Waals surface area contributed by atoms with Gasteiger partial charge in [-0.25, -0.2) is 0 Å². The first-order chi connectivity index (χ1) is 25.7. The molecule has 6 aliphatic rings. The summed E-state index contributed by atoms with van der Waals surface area (Å²) >= 11 is 0. The van der Waals surface area contributed by atoms with Crippen LogP contribution >= 0.6 is 0 Å². The van der Waals surface area contributed by atoms with E-state index in [1.165, 1.54) is 6.92 Å². The Morgan fingerprint density at radius 3 is 2.18 bits per heavy atom. The van der Waals surface area contributed by atoms with Gasteiger partial charge in [0.2, 0.25) is 0 Å². The van der Waals surface area contributed by atoms with Crippen molar-refractivity contribution in [3.8, 4) is 0 Å². The maximum absolute atomic E-state index is 13.6. The third-order valence-corrected chi connectivity index (χ3v) is 15.5. The Hall–Kier alpha value is -1.78. The lowest BCUT2D eigenvalue weighted by Crippen LogP contribution is -2.66. The van der Waals surface area contributed by atoms with Gasteiger partial charge in [-0.1, -0.05) is 52.3 Å². The molecular formula is C42H66O13. The van der Waals surface area contributed by atoms with E-state index in [1.807, 2.05) is 32.9 Å². The zero-order chi connectivity index (χ0) is 40.4. The van der Waals surface area contributed by atoms with E-state index in [-0.39, 0.29) is 59.0 Å². The molecular weight excluding hydrogens is 712 g/mol. The van der Waals surface area contributed by atoms with Gasteiger partial charge in [0.15, 0.2) is 18.4 Å². The molecule has 0 aromatic rings. The number of hydrogen-bond acceptors (Lipinski definition) is 13. The molecule has 13 nitrogen and oxygen atoms in total. The van der Waals surface area contributed by atoms with E-state index in [0.29, 0.717) is 19.4 Å². The summed E-state index contributed by atoms with van der Waals surface area (Å²) in [7, 11) is 0. The minimum atomic E-state index is -1.61. The third kappa shape index (κ3) is 7.31. The van der Waals surface area contributed by atoms with Crippen molar-refractivity contribution in [3.05, 3.63) is 23.8 Å². The van der Waals surface area contributed by atoms with E-state index in [4.69, 9.17) is 23.7 Å². The second-order valence-corrected chi connectivity index (χ2v) is 19.1. The molecule has 13 heteroatoms. The smallest absolute Gasteiger partial charge is 0.306 e. The van der Waals surface area contributed by atoms with Crippen LogP contribution in [0.4, 0.5) is 0 Å². The molecule has 1 spiro atoms. The molecule has 18 atom stereocenters. The van der Waals surface area contributed by atoms with Gasteiger partial charge < -0.3 is 54.3 Å². The summed E-state index contributed by atoms with van der Waals surface area (Å²) in [6, 6.07) is 0. The number of aliphatic hydroxyl groups is 6. The fourth-order valence-corrected chi connectivity index (χ4v) is 12.3. The first kappa shape index (κ1) is 42.8. The number of ether oxygens (including phenoxy) is 5. The van der Waals surface area contributed by atoms with Gasteiger partial charge in [0.05, 0.1) is 31.8 Å². The van der Waals surface area contributed by atoms with E-state index in [2.05, 4.69) is 27.7 Å². The largest absolute Gasteiger partial charge is 0.465 e. The average Bonchev–Trinajstić information content (AvgIpc) is 3.52. The van der Waals surface area contributed by atoms with Crippen LogP contribution in [-0.2, 0) is 33.3 Å². The monoisotopic (exact) mass is 778 g/mol. The van der Waals surface area contributed by atoms with Crippen LogP contribution < -0.4 is 0 Å². The summed E-state index contributed by atoms with van der Waals surface area (Å²) in [5.74, 6) is 0.115. The number of esters is 1. The lowest BCUT2D eigenvalue weighted by atomic mass is 9.34. The van der Waals surface area contributed by atoms with Crippen LogP contribution in [0.1, 0.15) is 100 Å². The molecule has 0 bridgehead atoms. The van der Waals surface area contributed by atoms with Crippen LogP contribution in [-0.4, -0.2) is 123 Å². The Morgan fingerprint density at radius 2 is 1.53 bits per heavy atom. The summed E-state index contributed by atoms with van der Waals surface area (Å²) in [6.45, 7) is 16.6. The molecule has 3 aliphatic heterocycles. The third-order valence-electron chi connectivity index (χ3n) is 15.5. The highest BCUT2D eigenvalue weighted by molar-refractivity contribution is 5.92. The first-order valence-electron chi connectivity index (χ1n) is 20.4. The van der Waals surface area contributed by atoms with Crippen molar-refractivity contribution in [1.82, 2.24) is 0 Å². The van der Waals surface area contributed by atoms with Crippen LogP contribution in [0.2, 0.25) is 0 Å². The Balaban J connectivity index is 1.18. The van der Waals surface area contributed by atoms with Gasteiger partial charge in [-0.05, 0) is 99.4 Å². The molecule has 0 radical (unpaired) electrons. The second-order valence-electron chi connectivity index (χ2n) is 19.1. The molecule has 3 saturated heterocycles. The minimum Gasteiger partial charge on any atom is -0.465 e. The van der Waals surface area contributed by atoms with Crippen LogP contribution in [0.15, 0.2) is 23.8 Å². The molecule has 3 heterocycles. The fraction of sp³-hybridized carbons (Fsp3) is 0.857. The zero-order valence-electron chi connectivity index (χ0n) is 33.8. The highest BCUT2D eigenvalue weighted by Crippen LogP contribution is 2.74. The number of carbonyl (C=O) groups excluding carboxylic acids is 2. The number of fused-ring (bicyclic) bond motifs is 4. The summed E-state index contributed by atoms with van der Waals surface area (Å²) < 4.78 is 29.7. The number of carbonyl (C=O) groups is 2. The van der Waals surface area contributed by atoms with E-state index in [1.54, 1.807) is 6.08 Å². The van der Waals surface area contributed by atoms with Crippen molar-refractivity contribution in [3.63, 3.8) is 0 Å². The molecule has 6 rings (SSSR count). The van der Waals surface area contributed by atoms with Gasteiger partial charge in [0, 0.05) is 11.3 Å². The van der Waals surface area contributed by atoms with E-state index < -0.39 is 72.2 Å². The fourth-order valence-electron chi connectivity index (χ4n) is 12.3. The van der Waals surface area contributed by atoms with Gasteiger partial charge in [-0.2, -0.15) is 0 Å². The number of cyclic esters (lactones) is 1. The van der Waals surface area contributed by atoms with Gasteiger partial charge in [0.1, 0.15) is 42.7 Å². The molecule has 55 heavy (non-hydrogen) atoms. The molecule has 0 amide bonds. The highest BCUT2D eigenvalue weighted by Gasteiger charge is 2.71. The number of allylic oxidation sites excluding steroid dienone is 4. The quantitative estimate of drug-likeness (QED) is 0.0865. The molecule has 3 aliphatic carbocycles. The molecule has 312 valence electrons. The van der Waals surface area contributed by atoms with Crippen LogP contribution in [0, 0.1) is 45.3 Å². The molecule has 6 N–H and O–H groups in total. The van der Waals surface area contributed by atoms with E-state index >= 15 is 0 Å². The summed E-state index contributed by atoms with van der Waals surface area (Å²) in [6.07, 6.45) is -3.32. The van der Waals surface area contributed by atoms with Crippen molar-refractivity contribution in [2.24, 2.45) is 45.3 Å². The number of ketones is 1. The Kier molecular flexibility index (Phi) is 12.3. The molecule has 6 fully saturated rings. The van der Waals surface area contributed by atoms with Gasteiger partial charge in [-0.3, -0.25) is 9.59 Å². The summed E-state index contributed by atoms with van der Waals surface area (Å²) in [5, 5.41) is 63.4. The topological polar surface area (TPSA) is 202 Å². The lowest BCUT2D eigenvalue weighted by molar-refractivity contribution is -0.344. The molecule has 3 saturated carbocycles. The van der Waals surface area contributed by atoms with Crippen molar-refractivity contribution in [1.29, 1.82) is 0 Å². The first-order valence-corrected chi connectivity index (χ1v) is 20.4. The summed E-state index contributed by atoms with van der Waals surface area (Å²) in [5.41, 5.74) is -0.107. The van der Waals surface area contributed by atoms with Crippen molar-refractivity contribution < 1.29 is 63.9 Å². The van der Waals surface area contributed by atoms with Crippen molar-refractivity contribution >= 4 is 11.8 Å². The second kappa shape index (κ2) is 15.8. The molecule has 18 unspecified atom stereocenters. The standard InChI is InChI=1S/C42H66O13/c1-21(2)10-9-11-25(43)22(3)24-12-13-28-40(7)16-15-29(39(5,6)27(40)14-17-41(28,8)42(24)18-30(44)52-20-42)55-38-36(50)34(48)32(46)26(54-38)19-51-37-35(49)33(47)31(45)23(4)53-37/h9-11,22-24,26-29,31-38,45-50H,12-20H2,1-8H3.